The Hall–Kier alpha value is -2.57. The third-order valence-corrected chi connectivity index (χ3v) is 3.15. The fourth-order valence-corrected chi connectivity index (χ4v) is 2.23. The summed E-state index contributed by atoms with van der Waals surface area (Å²) >= 11 is 0. The highest BCUT2D eigenvalue weighted by molar-refractivity contribution is 5.78. The number of para-hydroxylation sites is 1. The van der Waals surface area contributed by atoms with Crippen molar-refractivity contribution in [3.63, 3.8) is 0 Å². The largest absolute Gasteiger partial charge is 0.371 e. The molecular weight excluding hydrogens is 273 g/mol. The van der Waals surface area contributed by atoms with Gasteiger partial charge in [-0.3, -0.25) is 15.1 Å². The van der Waals surface area contributed by atoms with Crippen LogP contribution in [0.2, 0.25) is 0 Å². The van der Waals surface area contributed by atoms with Gasteiger partial charge in [0.15, 0.2) is 12.1 Å². The molecule has 3 rings (SSSR count). The van der Waals surface area contributed by atoms with Crippen molar-refractivity contribution in [2.24, 2.45) is 5.73 Å². The highest BCUT2D eigenvalue weighted by atomic mass is 19.1. The Labute approximate surface area is 119 Å². The molecule has 0 fully saturated rings. The second kappa shape index (κ2) is 5.08. The standard InChI is InChI=1S/C15H12FN3O2/c16-10-7-4-8-11-12(10)15(21)19(14(18-11)13(17)20)9-5-2-1-3-6-9/h1-8,13,20H,17H2. The Bertz CT molecular complexity index is 860. The van der Waals surface area contributed by atoms with E-state index < -0.39 is 17.6 Å². The highest BCUT2D eigenvalue weighted by Gasteiger charge is 2.18. The van der Waals surface area contributed by atoms with Crippen LogP contribution < -0.4 is 11.3 Å². The van der Waals surface area contributed by atoms with Crippen molar-refractivity contribution in [2.75, 3.05) is 0 Å². The summed E-state index contributed by atoms with van der Waals surface area (Å²) in [6.45, 7) is 0. The minimum atomic E-state index is -1.45. The highest BCUT2D eigenvalue weighted by Crippen LogP contribution is 2.17. The van der Waals surface area contributed by atoms with Gasteiger partial charge in [0.25, 0.3) is 5.56 Å². The van der Waals surface area contributed by atoms with E-state index in [1.54, 1.807) is 30.3 Å². The number of rotatable bonds is 2. The van der Waals surface area contributed by atoms with Crippen LogP contribution in [0.15, 0.2) is 53.3 Å². The Morgan fingerprint density at radius 2 is 1.86 bits per heavy atom. The van der Waals surface area contributed by atoms with Crippen LogP contribution in [0.3, 0.4) is 0 Å². The van der Waals surface area contributed by atoms with E-state index in [0.717, 1.165) is 4.57 Å². The smallest absolute Gasteiger partial charge is 0.269 e. The summed E-state index contributed by atoms with van der Waals surface area (Å²) < 4.78 is 15.0. The molecule has 1 atom stereocenters. The molecule has 0 bridgehead atoms. The molecule has 0 aliphatic carbocycles. The molecule has 6 heteroatoms. The molecule has 0 saturated carbocycles. The summed E-state index contributed by atoms with van der Waals surface area (Å²) in [4.78, 5) is 16.7. The number of aromatic nitrogens is 2. The molecule has 0 amide bonds. The van der Waals surface area contributed by atoms with E-state index in [2.05, 4.69) is 4.98 Å². The molecular formula is C15H12FN3O2. The van der Waals surface area contributed by atoms with Gasteiger partial charge in [0.1, 0.15) is 11.2 Å². The average Bonchev–Trinajstić information content (AvgIpc) is 2.47. The quantitative estimate of drug-likeness (QED) is 0.699. The minimum Gasteiger partial charge on any atom is -0.371 e. The van der Waals surface area contributed by atoms with Crippen molar-refractivity contribution in [3.05, 3.63) is 70.5 Å². The van der Waals surface area contributed by atoms with Gasteiger partial charge in [-0.05, 0) is 24.3 Å². The predicted molar refractivity (Wildman–Crippen MR) is 76.4 cm³/mol. The number of nitrogens with zero attached hydrogens (tertiary/aromatic N) is 2. The molecule has 3 N–H and O–H groups in total. The first-order valence-electron chi connectivity index (χ1n) is 6.30. The lowest BCUT2D eigenvalue weighted by molar-refractivity contribution is 0.173. The van der Waals surface area contributed by atoms with E-state index in [0.29, 0.717) is 5.69 Å². The maximum atomic E-state index is 13.9. The van der Waals surface area contributed by atoms with E-state index in [-0.39, 0.29) is 16.7 Å². The predicted octanol–water partition coefficient (Wildman–Crippen LogP) is 1.47. The van der Waals surface area contributed by atoms with Gasteiger partial charge in [-0.15, -0.1) is 0 Å². The third kappa shape index (κ3) is 2.20. The topological polar surface area (TPSA) is 81.1 Å². The number of benzene rings is 2. The molecule has 3 aromatic rings. The van der Waals surface area contributed by atoms with Gasteiger partial charge in [0.05, 0.1) is 11.2 Å². The van der Waals surface area contributed by atoms with E-state index in [1.165, 1.54) is 18.2 Å². The summed E-state index contributed by atoms with van der Waals surface area (Å²) in [5, 5.41) is 9.55. The molecule has 5 nitrogen and oxygen atoms in total. The monoisotopic (exact) mass is 285 g/mol. The third-order valence-electron chi connectivity index (χ3n) is 3.15. The number of hydrogen-bond acceptors (Lipinski definition) is 4. The van der Waals surface area contributed by atoms with Gasteiger partial charge in [-0.1, -0.05) is 24.3 Å². The van der Waals surface area contributed by atoms with Crippen LogP contribution >= 0.6 is 0 Å². The first-order valence-corrected chi connectivity index (χ1v) is 6.30. The zero-order valence-electron chi connectivity index (χ0n) is 10.9. The Kier molecular flexibility index (Phi) is 3.25. The zero-order chi connectivity index (χ0) is 15.0. The minimum absolute atomic E-state index is 0.0377. The SMILES string of the molecule is NC(O)c1nc2cccc(F)c2c(=O)n1-c1ccccc1. The van der Waals surface area contributed by atoms with Crippen LogP contribution in [0.5, 0.6) is 0 Å². The van der Waals surface area contributed by atoms with Crippen LogP contribution in [0, 0.1) is 5.82 Å². The van der Waals surface area contributed by atoms with Gasteiger partial charge >= 0.3 is 0 Å². The maximum absolute atomic E-state index is 13.9. The van der Waals surface area contributed by atoms with Gasteiger partial charge < -0.3 is 5.11 Å². The first-order chi connectivity index (χ1) is 10.1. The van der Waals surface area contributed by atoms with Crippen molar-refractivity contribution in [2.45, 2.75) is 6.23 Å². The Morgan fingerprint density at radius 3 is 2.52 bits per heavy atom. The fourth-order valence-electron chi connectivity index (χ4n) is 2.23. The van der Waals surface area contributed by atoms with Crippen LogP contribution in [0.1, 0.15) is 12.1 Å². The summed E-state index contributed by atoms with van der Waals surface area (Å²) in [5.41, 5.74) is 5.50. The summed E-state index contributed by atoms with van der Waals surface area (Å²) in [6.07, 6.45) is -1.45. The van der Waals surface area contributed by atoms with Crippen molar-refractivity contribution in [3.8, 4) is 5.69 Å². The number of hydrogen-bond donors (Lipinski definition) is 2. The lowest BCUT2D eigenvalue weighted by Crippen LogP contribution is -2.28. The van der Waals surface area contributed by atoms with Crippen LogP contribution in [-0.2, 0) is 0 Å². The number of aliphatic hydroxyl groups excluding tert-OH is 1. The van der Waals surface area contributed by atoms with E-state index >= 15 is 0 Å². The molecule has 0 aliphatic rings. The summed E-state index contributed by atoms with van der Waals surface area (Å²) in [6, 6.07) is 12.7. The van der Waals surface area contributed by atoms with Gasteiger partial charge in [-0.2, -0.15) is 0 Å². The van der Waals surface area contributed by atoms with Crippen molar-refractivity contribution >= 4 is 10.9 Å². The number of nitrogens with two attached hydrogens (primary N) is 1. The van der Waals surface area contributed by atoms with E-state index in [4.69, 9.17) is 5.73 Å². The molecule has 1 heterocycles. The normalized spacial score (nSPS) is 12.5. The molecule has 1 aromatic heterocycles. The number of halogens is 1. The lowest BCUT2D eigenvalue weighted by atomic mass is 10.2. The number of fused-ring (bicyclic) bond motifs is 1. The van der Waals surface area contributed by atoms with E-state index in [1.807, 2.05) is 0 Å². The lowest BCUT2D eigenvalue weighted by Gasteiger charge is -2.15. The van der Waals surface area contributed by atoms with E-state index in [9.17, 15) is 14.3 Å². The molecule has 21 heavy (non-hydrogen) atoms. The van der Waals surface area contributed by atoms with Gasteiger partial charge in [0, 0.05) is 0 Å². The molecule has 0 radical (unpaired) electrons. The molecule has 2 aromatic carbocycles. The molecule has 0 aliphatic heterocycles. The molecule has 0 saturated heterocycles. The Morgan fingerprint density at radius 1 is 1.14 bits per heavy atom. The first kappa shape index (κ1) is 13.4. The molecule has 0 spiro atoms. The van der Waals surface area contributed by atoms with Crippen molar-refractivity contribution < 1.29 is 9.50 Å². The molecule has 106 valence electrons. The maximum Gasteiger partial charge on any atom is 0.269 e. The fraction of sp³-hybridized carbons (Fsp3) is 0.0667. The van der Waals surface area contributed by atoms with Gasteiger partial charge in [-0.25, -0.2) is 9.37 Å². The van der Waals surface area contributed by atoms with Crippen LogP contribution in [0.25, 0.3) is 16.6 Å². The molecule has 1 unspecified atom stereocenters. The van der Waals surface area contributed by atoms with Gasteiger partial charge in [0.2, 0.25) is 0 Å². The summed E-state index contributed by atoms with van der Waals surface area (Å²) in [7, 11) is 0. The average molecular weight is 285 g/mol. The van der Waals surface area contributed by atoms with Crippen molar-refractivity contribution in [1.82, 2.24) is 9.55 Å². The zero-order valence-corrected chi connectivity index (χ0v) is 10.9. The van der Waals surface area contributed by atoms with Crippen LogP contribution in [-0.4, -0.2) is 14.7 Å². The second-order valence-corrected chi connectivity index (χ2v) is 4.52. The Balaban J connectivity index is 2.47. The second-order valence-electron chi connectivity index (χ2n) is 4.52. The van der Waals surface area contributed by atoms with Crippen molar-refractivity contribution in [1.29, 1.82) is 0 Å². The number of aliphatic hydroxyl groups is 1. The van der Waals surface area contributed by atoms with Crippen LogP contribution in [0.4, 0.5) is 4.39 Å². The summed E-state index contributed by atoms with van der Waals surface area (Å²) in [5.74, 6) is -0.697.